The third-order valence-corrected chi connectivity index (χ3v) is 6.04. The van der Waals surface area contributed by atoms with Gasteiger partial charge >= 0.3 is 0 Å². The van der Waals surface area contributed by atoms with Gasteiger partial charge in [-0.15, -0.1) is 11.3 Å². The van der Waals surface area contributed by atoms with Crippen molar-refractivity contribution in [1.29, 1.82) is 0 Å². The van der Waals surface area contributed by atoms with Crippen molar-refractivity contribution in [2.24, 2.45) is 0 Å². The number of hydrogen-bond acceptors (Lipinski definition) is 5. The smallest absolute Gasteiger partial charge is 0.262 e. The molecular formula is C21H26ClN3O2S. The minimum absolute atomic E-state index is 0.0716. The van der Waals surface area contributed by atoms with E-state index in [9.17, 15) is 4.79 Å². The van der Waals surface area contributed by atoms with E-state index in [1.165, 1.54) is 0 Å². The molecular weight excluding hydrogens is 394 g/mol. The summed E-state index contributed by atoms with van der Waals surface area (Å²) in [4.78, 5) is 22.0. The van der Waals surface area contributed by atoms with Crippen LogP contribution in [0, 0.1) is 13.8 Å². The number of aryl methyl sites for hydroxylation is 2. The van der Waals surface area contributed by atoms with Gasteiger partial charge in [-0.1, -0.05) is 11.6 Å². The number of aromatic nitrogens is 2. The topological polar surface area (TPSA) is 47.4 Å². The Kier molecular flexibility index (Phi) is 6.75. The molecule has 150 valence electrons. The number of unbranched alkanes of at least 4 members (excludes halogenated alkanes) is 1. The van der Waals surface area contributed by atoms with Gasteiger partial charge < -0.3 is 9.64 Å². The molecule has 3 aromatic rings. The summed E-state index contributed by atoms with van der Waals surface area (Å²) in [6.07, 6.45) is 1.71. The lowest BCUT2D eigenvalue weighted by atomic mass is 10.2. The van der Waals surface area contributed by atoms with Gasteiger partial charge in [0.25, 0.3) is 5.56 Å². The average molecular weight is 420 g/mol. The van der Waals surface area contributed by atoms with Crippen molar-refractivity contribution in [1.82, 2.24) is 14.5 Å². The summed E-state index contributed by atoms with van der Waals surface area (Å²) in [7, 11) is 3.98. The molecule has 7 heteroatoms. The van der Waals surface area contributed by atoms with E-state index in [1.807, 2.05) is 61.7 Å². The lowest BCUT2D eigenvalue weighted by molar-refractivity contribution is 0.301. The van der Waals surface area contributed by atoms with Crippen LogP contribution in [-0.4, -0.2) is 35.2 Å². The molecule has 0 bridgehead atoms. The minimum atomic E-state index is 0.0716. The van der Waals surface area contributed by atoms with Crippen LogP contribution < -0.4 is 10.3 Å². The van der Waals surface area contributed by atoms with Gasteiger partial charge in [-0.3, -0.25) is 9.36 Å². The molecule has 0 radical (unpaired) electrons. The van der Waals surface area contributed by atoms with Crippen LogP contribution in [-0.2, 0) is 13.1 Å². The predicted octanol–water partition coefficient (Wildman–Crippen LogP) is 4.65. The number of fused-ring (bicyclic) bond motifs is 1. The van der Waals surface area contributed by atoms with E-state index >= 15 is 0 Å². The van der Waals surface area contributed by atoms with Gasteiger partial charge in [0.05, 0.1) is 18.5 Å². The fourth-order valence-corrected chi connectivity index (χ4v) is 4.26. The van der Waals surface area contributed by atoms with E-state index in [4.69, 9.17) is 21.3 Å². The molecule has 0 atom stereocenters. The number of ether oxygens (including phenoxy) is 1. The Balaban J connectivity index is 1.71. The standard InChI is InChI=1S/C21H26ClN3O2S/c1-14-15(2)28-20-19(14)21(26)25(18(23-20)13-24(3)4)11-5-6-12-27-17-9-7-16(22)8-10-17/h7-10H,5-6,11-13H2,1-4H3. The molecule has 2 heterocycles. The molecule has 1 aromatic carbocycles. The first-order chi connectivity index (χ1) is 13.4. The number of thiophene rings is 1. The highest BCUT2D eigenvalue weighted by Crippen LogP contribution is 2.26. The largest absolute Gasteiger partial charge is 0.494 e. The molecule has 0 N–H and O–H groups in total. The molecule has 0 aliphatic carbocycles. The van der Waals surface area contributed by atoms with Gasteiger partial charge in [0.1, 0.15) is 16.4 Å². The summed E-state index contributed by atoms with van der Waals surface area (Å²) in [6.45, 7) is 5.94. The first-order valence-electron chi connectivity index (χ1n) is 9.39. The molecule has 5 nitrogen and oxygen atoms in total. The molecule has 3 rings (SSSR count). The van der Waals surface area contributed by atoms with Gasteiger partial charge in [0.15, 0.2) is 0 Å². The third-order valence-electron chi connectivity index (χ3n) is 4.68. The lowest BCUT2D eigenvalue weighted by Gasteiger charge is -2.16. The number of rotatable bonds is 8. The fourth-order valence-electron chi connectivity index (χ4n) is 3.10. The Labute approximate surface area is 174 Å². The van der Waals surface area contributed by atoms with E-state index in [-0.39, 0.29) is 5.56 Å². The van der Waals surface area contributed by atoms with Crippen LogP contribution in [0.25, 0.3) is 10.2 Å². The number of nitrogens with zero attached hydrogens (tertiary/aromatic N) is 3. The van der Waals surface area contributed by atoms with E-state index in [0.717, 1.165) is 45.1 Å². The molecule has 28 heavy (non-hydrogen) atoms. The van der Waals surface area contributed by atoms with Gasteiger partial charge in [-0.2, -0.15) is 0 Å². The second-order valence-corrected chi connectivity index (χ2v) is 8.84. The molecule has 0 aliphatic heterocycles. The van der Waals surface area contributed by atoms with Crippen molar-refractivity contribution in [2.75, 3.05) is 20.7 Å². The summed E-state index contributed by atoms with van der Waals surface area (Å²) in [5.74, 6) is 1.63. The first-order valence-corrected chi connectivity index (χ1v) is 10.6. The average Bonchev–Trinajstić information content (AvgIpc) is 2.92. The van der Waals surface area contributed by atoms with Crippen molar-refractivity contribution < 1.29 is 4.74 Å². The molecule has 0 saturated carbocycles. The molecule has 0 fully saturated rings. The van der Waals surface area contributed by atoms with E-state index < -0.39 is 0 Å². The zero-order valence-corrected chi connectivity index (χ0v) is 18.4. The highest BCUT2D eigenvalue weighted by molar-refractivity contribution is 7.18. The molecule has 0 spiro atoms. The summed E-state index contributed by atoms with van der Waals surface area (Å²) in [5, 5.41) is 1.46. The van der Waals surface area contributed by atoms with Gasteiger partial charge in [0.2, 0.25) is 0 Å². The maximum atomic E-state index is 13.1. The quantitative estimate of drug-likeness (QED) is 0.498. The highest BCUT2D eigenvalue weighted by atomic mass is 35.5. The van der Waals surface area contributed by atoms with Gasteiger partial charge in [-0.05, 0) is 70.6 Å². The van der Waals surface area contributed by atoms with Crippen molar-refractivity contribution in [3.05, 3.63) is 55.9 Å². The van der Waals surface area contributed by atoms with Gasteiger partial charge in [0, 0.05) is 16.4 Å². The normalized spacial score (nSPS) is 11.5. The number of benzene rings is 1. The molecule has 2 aromatic heterocycles. The zero-order valence-electron chi connectivity index (χ0n) is 16.8. The number of hydrogen-bond donors (Lipinski definition) is 0. The van der Waals surface area contributed by atoms with Crippen LogP contribution in [0.2, 0.25) is 5.02 Å². The van der Waals surface area contributed by atoms with Crippen LogP contribution in [0.1, 0.15) is 29.1 Å². The number of halogens is 1. The van der Waals surface area contributed by atoms with Crippen molar-refractivity contribution in [3.63, 3.8) is 0 Å². The van der Waals surface area contributed by atoms with Crippen LogP contribution in [0.4, 0.5) is 0 Å². The van der Waals surface area contributed by atoms with E-state index in [2.05, 4.69) is 0 Å². The monoisotopic (exact) mass is 419 g/mol. The Morgan fingerprint density at radius 1 is 1.18 bits per heavy atom. The summed E-state index contributed by atoms with van der Waals surface area (Å²) < 4.78 is 7.59. The minimum Gasteiger partial charge on any atom is -0.494 e. The predicted molar refractivity (Wildman–Crippen MR) is 117 cm³/mol. The van der Waals surface area contributed by atoms with Crippen LogP contribution in [0.5, 0.6) is 5.75 Å². The third kappa shape index (κ3) is 4.74. The SMILES string of the molecule is Cc1sc2nc(CN(C)C)n(CCCCOc3ccc(Cl)cc3)c(=O)c2c1C. The van der Waals surface area contributed by atoms with Crippen LogP contribution in [0.3, 0.4) is 0 Å². The Morgan fingerprint density at radius 2 is 1.89 bits per heavy atom. The van der Waals surface area contributed by atoms with E-state index in [1.54, 1.807) is 11.3 Å². The maximum absolute atomic E-state index is 13.1. The van der Waals surface area contributed by atoms with Crippen molar-refractivity contribution >= 4 is 33.2 Å². The Bertz CT molecular complexity index is 1010. The fraction of sp³-hybridized carbons (Fsp3) is 0.429. The molecule has 0 amide bonds. The molecule has 0 aliphatic rings. The van der Waals surface area contributed by atoms with E-state index in [0.29, 0.717) is 24.7 Å². The first kappa shape index (κ1) is 20.8. The van der Waals surface area contributed by atoms with Crippen molar-refractivity contribution in [3.8, 4) is 5.75 Å². The van der Waals surface area contributed by atoms with Gasteiger partial charge in [-0.25, -0.2) is 4.98 Å². The second-order valence-electron chi connectivity index (χ2n) is 7.20. The highest BCUT2D eigenvalue weighted by Gasteiger charge is 2.16. The Morgan fingerprint density at radius 3 is 2.57 bits per heavy atom. The zero-order chi connectivity index (χ0) is 20.3. The Hall–Kier alpha value is -1.89. The summed E-state index contributed by atoms with van der Waals surface area (Å²) in [6, 6.07) is 7.36. The summed E-state index contributed by atoms with van der Waals surface area (Å²) >= 11 is 7.49. The van der Waals surface area contributed by atoms with Crippen LogP contribution in [0.15, 0.2) is 29.1 Å². The molecule has 0 saturated heterocycles. The lowest BCUT2D eigenvalue weighted by Crippen LogP contribution is -2.28. The van der Waals surface area contributed by atoms with Crippen molar-refractivity contribution in [2.45, 2.75) is 39.8 Å². The summed E-state index contributed by atoms with van der Waals surface area (Å²) in [5.41, 5.74) is 1.12. The second kappa shape index (κ2) is 9.07. The molecule has 0 unspecified atom stereocenters. The van der Waals surface area contributed by atoms with Crippen LogP contribution >= 0.6 is 22.9 Å². The maximum Gasteiger partial charge on any atom is 0.262 e.